The first-order chi connectivity index (χ1) is 9.42. The lowest BCUT2D eigenvalue weighted by molar-refractivity contribution is 0.584. The van der Waals surface area contributed by atoms with Crippen molar-refractivity contribution in [3.05, 3.63) is 41.2 Å². The normalized spacial score (nSPS) is 10.9. The Morgan fingerprint density at radius 1 is 1.05 bits per heavy atom. The van der Waals surface area contributed by atoms with Crippen molar-refractivity contribution in [1.82, 2.24) is 9.97 Å². The van der Waals surface area contributed by atoms with Crippen LogP contribution in [0.2, 0.25) is 0 Å². The number of halogens is 2. The molecule has 20 heavy (non-hydrogen) atoms. The molecule has 0 aliphatic rings. The molecule has 0 aliphatic heterocycles. The van der Waals surface area contributed by atoms with Crippen molar-refractivity contribution in [2.45, 2.75) is 26.7 Å². The summed E-state index contributed by atoms with van der Waals surface area (Å²) in [6.45, 7) is 5.77. The van der Waals surface area contributed by atoms with Crippen molar-refractivity contribution in [2.24, 2.45) is 0 Å². The number of anilines is 1. The van der Waals surface area contributed by atoms with E-state index < -0.39 is 11.6 Å². The van der Waals surface area contributed by atoms with E-state index in [0.717, 1.165) is 11.6 Å². The van der Waals surface area contributed by atoms with E-state index in [9.17, 15) is 8.78 Å². The molecule has 2 rings (SSSR count). The standard InChI is InChI=1S/C15H17F2N3/c1-8(2)14-19-13(9(3)15(18-4)20-14)10-5-11(16)7-12(17)6-10/h5-8H,1-4H3,(H,18,19,20). The van der Waals surface area contributed by atoms with Gasteiger partial charge in [0.25, 0.3) is 0 Å². The summed E-state index contributed by atoms with van der Waals surface area (Å²) in [4.78, 5) is 8.86. The van der Waals surface area contributed by atoms with Gasteiger partial charge in [0.05, 0.1) is 5.69 Å². The fraction of sp³-hybridized carbons (Fsp3) is 0.333. The third kappa shape index (κ3) is 2.76. The Labute approximate surface area is 117 Å². The van der Waals surface area contributed by atoms with Crippen LogP contribution in [0.5, 0.6) is 0 Å². The van der Waals surface area contributed by atoms with E-state index in [-0.39, 0.29) is 5.92 Å². The van der Waals surface area contributed by atoms with E-state index in [1.807, 2.05) is 20.8 Å². The maximum absolute atomic E-state index is 13.4. The third-order valence-electron chi connectivity index (χ3n) is 3.05. The molecule has 0 saturated heterocycles. The predicted octanol–water partition coefficient (Wildman–Crippen LogP) is 3.90. The summed E-state index contributed by atoms with van der Waals surface area (Å²) in [6.07, 6.45) is 0. The molecular weight excluding hydrogens is 260 g/mol. The number of nitrogens with one attached hydrogen (secondary N) is 1. The van der Waals surface area contributed by atoms with Gasteiger partial charge in [-0.1, -0.05) is 13.8 Å². The van der Waals surface area contributed by atoms with Crippen molar-refractivity contribution in [3.8, 4) is 11.3 Å². The molecule has 0 radical (unpaired) electrons. The van der Waals surface area contributed by atoms with Crippen LogP contribution in [0, 0.1) is 18.6 Å². The molecule has 1 aromatic heterocycles. The summed E-state index contributed by atoms with van der Waals surface area (Å²) >= 11 is 0. The van der Waals surface area contributed by atoms with Crippen molar-refractivity contribution in [1.29, 1.82) is 0 Å². The number of nitrogens with zero attached hydrogens (tertiary/aromatic N) is 2. The average molecular weight is 277 g/mol. The van der Waals surface area contributed by atoms with E-state index in [1.165, 1.54) is 12.1 Å². The zero-order valence-electron chi connectivity index (χ0n) is 12.0. The van der Waals surface area contributed by atoms with Gasteiger partial charge < -0.3 is 5.32 Å². The first-order valence-corrected chi connectivity index (χ1v) is 6.45. The van der Waals surface area contributed by atoms with Crippen molar-refractivity contribution < 1.29 is 8.78 Å². The molecule has 1 aromatic carbocycles. The maximum atomic E-state index is 13.4. The molecule has 1 N–H and O–H groups in total. The van der Waals surface area contributed by atoms with Crippen molar-refractivity contribution in [3.63, 3.8) is 0 Å². The summed E-state index contributed by atoms with van der Waals surface area (Å²) in [6, 6.07) is 3.41. The second-order valence-electron chi connectivity index (χ2n) is 4.97. The van der Waals surface area contributed by atoms with Gasteiger partial charge in [0.2, 0.25) is 0 Å². The molecule has 1 heterocycles. The highest BCUT2D eigenvalue weighted by Crippen LogP contribution is 2.28. The smallest absolute Gasteiger partial charge is 0.133 e. The second-order valence-corrected chi connectivity index (χ2v) is 4.97. The lowest BCUT2D eigenvalue weighted by atomic mass is 10.1. The SMILES string of the molecule is CNc1nc(C(C)C)nc(-c2cc(F)cc(F)c2)c1C. The lowest BCUT2D eigenvalue weighted by Gasteiger charge is -2.14. The van der Waals surface area contributed by atoms with Gasteiger partial charge >= 0.3 is 0 Å². The minimum atomic E-state index is -0.616. The van der Waals surface area contributed by atoms with Gasteiger partial charge in [-0.3, -0.25) is 0 Å². The number of hydrogen-bond acceptors (Lipinski definition) is 3. The van der Waals surface area contributed by atoms with Gasteiger partial charge in [-0.15, -0.1) is 0 Å². The number of hydrogen-bond donors (Lipinski definition) is 1. The number of rotatable bonds is 3. The summed E-state index contributed by atoms with van der Waals surface area (Å²) in [7, 11) is 1.76. The van der Waals surface area contributed by atoms with Crippen LogP contribution in [0.15, 0.2) is 18.2 Å². The fourth-order valence-electron chi connectivity index (χ4n) is 2.01. The van der Waals surface area contributed by atoms with Crippen LogP contribution >= 0.6 is 0 Å². The second kappa shape index (κ2) is 5.53. The zero-order valence-corrected chi connectivity index (χ0v) is 12.0. The van der Waals surface area contributed by atoms with E-state index >= 15 is 0 Å². The highest BCUT2D eigenvalue weighted by Gasteiger charge is 2.15. The Bertz CT molecular complexity index is 619. The summed E-state index contributed by atoms with van der Waals surface area (Å²) in [5.74, 6) is 0.202. The van der Waals surface area contributed by atoms with Crippen LogP contribution in [0.25, 0.3) is 11.3 Å². The van der Waals surface area contributed by atoms with Gasteiger partial charge in [0, 0.05) is 30.2 Å². The average Bonchev–Trinajstić information content (AvgIpc) is 2.37. The van der Waals surface area contributed by atoms with Crippen LogP contribution in [0.3, 0.4) is 0 Å². The van der Waals surface area contributed by atoms with Gasteiger partial charge in [-0.2, -0.15) is 0 Å². The molecule has 0 bridgehead atoms. The van der Waals surface area contributed by atoms with E-state index in [1.54, 1.807) is 7.05 Å². The molecule has 0 saturated carbocycles. The fourth-order valence-corrected chi connectivity index (χ4v) is 2.01. The Hall–Kier alpha value is -2.04. The molecule has 106 valence electrons. The molecule has 3 nitrogen and oxygen atoms in total. The van der Waals surface area contributed by atoms with Crippen LogP contribution in [-0.2, 0) is 0 Å². The first kappa shape index (κ1) is 14.4. The molecule has 5 heteroatoms. The Balaban J connectivity index is 2.68. The minimum Gasteiger partial charge on any atom is -0.373 e. The summed E-state index contributed by atoms with van der Waals surface area (Å²) in [5, 5.41) is 2.99. The molecule has 0 amide bonds. The van der Waals surface area contributed by atoms with E-state index in [4.69, 9.17) is 0 Å². The minimum absolute atomic E-state index is 0.125. The molecular formula is C15H17F2N3. The van der Waals surface area contributed by atoms with Gasteiger partial charge in [0.1, 0.15) is 23.3 Å². The molecule has 2 aromatic rings. The van der Waals surface area contributed by atoms with Gasteiger partial charge in [-0.25, -0.2) is 18.7 Å². The summed E-state index contributed by atoms with van der Waals surface area (Å²) < 4.78 is 26.8. The quantitative estimate of drug-likeness (QED) is 0.924. The molecule has 0 spiro atoms. The number of benzene rings is 1. The first-order valence-electron chi connectivity index (χ1n) is 6.45. The molecule has 0 fully saturated rings. The highest BCUT2D eigenvalue weighted by atomic mass is 19.1. The zero-order chi connectivity index (χ0) is 14.9. The Morgan fingerprint density at radius 2 is 1.65 bits per heavy atom. The lowest BCUT2D eigenvalue weighted by Crippen LogP contribution is -2.06. The maximum Gasteiger partial charge on any atom is 0.133 e. The largest absolute Gasteiger partial charge is 0.373 e. The van der Waals surface area contributed by atoms with Crippen molar-refractivity contribution >= 4 is 5.82 Å². The van der Waals surface area contributed by atoms with E-state index in [2.05, 4.69) is 15.3 Å². The van der Waals surface area contributed by atoms with Crippen molar-refractivity contribution in [2.75, 3.05) is 12.4 Å². The van der Waals surface area contributed by atoms with Crippen LogP contribution in [-0.4, -0.2) is 17.0 Å². The molecule has 0 unspecified atom stereocenters. The Morgan fingerprint density at radius 3 is 2.15 bits per heavy atom. The monoisotopic (exact) mass is 277 g/mol. The predicted molar refractivity (Wildman–Crippen MR) is 75.8 cm³/mol. The van der Waals surface area contributed by atoms with E-state index in [0.29, 0.717) is 22.9 Å². The summed E-state index contributed by atoms with van der Waals surface area (Å²) in [5.41, 5.74) is 1.73. The topological polar surface area (TPSA) is 37.8 Å². The van der Waals surface area contributed by atoms with Gasteiger partial charge in [0.15, 0.2) is 0 Å². The third-order valence-corrected chi connectivity index (χ3v) is 3.05. The van der Waals surface area contributed by atoms with Crippen LogP contribution < -0.4 is 5.32 Å². The van der Waals surface area contributed by atoms with Crippen LogP contribution in [0.4, 0.5) is 14.6 Å². The van der Waals surface area contributed by atoms with Gasteiger partial charge in [-0.05, 0) is 19.1 Å². The Kier molecular flexibility index (Phi) is 3.97. The molecule has 0 atom stereocenters. The number of aromatic nitrogens is 2. The molecule has 0 aliphatic carbocycles. The highest BCUT2D eigenvalue weighted by molar-refractivity contribution is 5.68. The van der Waals surface area contributed by atoms with Crippen LogP contribution in [0.1, 0.15) is 31.2 Å².